The van der Waals surface area contributed by atoms with Crippen molar-refractivity contribution in [1.29, 1.82) is 0 Å². The first-order chi connectivity index (χ1) is 13.5. The van der Waals surface area contributed by atoms with E-state index in [2.05, 4.69) is 10.4 Å². The van der Waals surface area contributed by atoms with Crippen LogP contribution >= 0.6 is 0 Å². The lowest BCUT2D eigenvalue weighted by atomic mass is 10.2. The van der Waals surface area contributed by atoms with Crippen molar-refractivity contribution in [3.8, 4) is 11.5 Å². The first-order valence-electron chi connectivity index (χ1n) is 8.91. The van der Waals surface area contributed by atoms with E-state index in [4.69, 9.17) is 4.74 Å². The molecular formula is C20H21FN4O3. The Morgan fingerprint density at radius 3 is 2.57 bits per heavy atom. The second-order valence-electron chi connectivity index (χ2n) is 6.38. The molecule has 0 aliphatic rings. The van der Waals surface area contributed by atoms with Gasteiger partial charge in [-0.1, -0.05) is 12.1 Å². The van der Waals surface area contributed by atoms with Gasteiger partial charge >= 0.3 is 5.97 Å². The van der Waals surface area contributed by atoms with Crippen molar-refractivity contribution in [3.63, 3.8) is 0 Å². The number of esters is 1. The minimum atomic E-state index is -0.456. The molecule has 28 heavy (non-hydrogen) atoms. The number of carbonyl (C=O) groups excluding carboxylic acids is 2. The fourth-order valence-electron chi connectivity index (χ4n) is 2.72. The zero-order chi connectivity index (χ0) is 20.1. The topological polar surface area (TPSA) is 78.2 Å². The van der Waals surface area contributed by atoms with E-state index in [-0.39, 0.29) is 36.3 Å². The highest BCUT2D eigenvalue weighted by atomic mass is 19.1. The molecule has 1 amide bonds. The van der Waals surface area contributed by atoms with E-state index in [1.807, 2.05) is 0 Å². The SMILES string of the molecule is CC(C)OC(=O)CCNC(=O)c1cnn(-c2ccccc2F)c1-n1cccc1. The standard InChI is InChI=1S/C20H21FN4O3/c1-14(2)28-18(26)9-10-22-19(27)15-13-23-25(17-8-4-3-7-16(17)21)20(15)24-11-5-6-12-24/h3-8,11-14H,9-10H2,1-2H3,(H,22,27). The second kappa shape index (κ2) is 8.51. The minimum Gasteiger partial charge on any atom is -0.463 e. The zero-order valence-electron chi connectivity index (χ0n) is 15.6. The van der Waals surface area contributed by atoms with Crippen molar-refractivity contribution in [3.05, 3.63) is 66.4 Å². The molecule has 1 aromatic carbocycles. The number of benzene rings is 1. The number of rotatable bonds is 7. The predicted octanol–water partition coefficient (Wildman–Crippen LogP) is 2.87. The maximum atomic E-state index is 14.3. The summed E-state index contributed by atoms with van der Waals surface area (Å²) in [7, 11) is 0. The highest BCUT2D eigenvalue weighted by molar-refractivity contribution is 5.97. The summed E-state index contributed by atoms with van der Waals surface area (Å²) in [5.41, 5.74) is 0.488. The lowest BCUT2D eigenvalue weighted by Crippen LogP contribution is -2.28. The lowest BCUT2D eigenvalue weighted by Gasteiger charge is -2.12. The molecule has 0 aliphatic carbocycles. The Hall–Kier alpha value is -3.42. The molecule has 7 nitrogen and oxygen atoms in total. The second-order valence-corrected chi connectivity index (χ2v) is 6.38. The van der Waals surface area contributed by atoms with Crippen LogP contribution in [0, 0.1) is 5.82 Å². The summed E-state index contributed by atoms with van der Waals surface area (Å²) < 4.78 is 22.4. The quantitative estimate of drug-likeness (QED) is 0.636. The summed E-state index contributed by atoms with van der Waals surface area (Å²) in [6.07, 6.45) is 4.71. The molecule has 0 unspecified atom stereocenters. The number of halogens is 1. The van der Waals surface area contributed by atoms with E-state index in [1.165, 1.54) is 16.9 Å². The van der Waals surface area contributed by atoms with E-state index in [1.54, 1.807) is 61.1 Å². The average Bonchev–Trinajstić information content (AvgIpc) is 3.30. The summed E-state index contributed by atoms with van der Waals surface area (Å²) in [6, 6.07) is 9.78. The van der Waals surface area contributed by atoms with Gasteiger partial charge in [0.2, 0.25) is 0 Å². The average molecular weight is 384 g/mol. The Labute approximate surface area is 161 Å². The van der Waals surface area contributed by atoms with Crippen LogP contribution in [0.1, 0.15) is 30.6 Å². The maximum absolute atomic E-state index is 14.3. The van der Waals surface area contributed by atoms with Crippen LogP contribution in [0.4, 0.5) is 4.39 Å². The first kappa shape index (κ1) is 19.3. The van der Waals surface area contributed by atoms with Crippen molar-refractivity contribution >= 4 is 11.9 Å². The van der Waals surface area contributed by atoms with Crippen molar-refractivity contribution < 1.29 is 18.7 Å². The van der Waals surface area contributed by atoms with Gasteiger partial charge in [-0.15, -0.1) is 0 Å². The highest BCUT2D eigenvalue weighted by Gasteiger charge is 2.21. The summed E-state index contributed by atoms with van der Waals surface area (Å²) in [6.45, 7) is 3.65. The van der Waals surface area contributed by atoms with Crippen LogP contribution in [0.15, 0.2) is 55.0 Å². The van der Waals surface area contributed by atoms with Gasteiger partial charge in [-0.3, -0.25) is 9.59 Å². The van der Waals surface area contributed by atoms with Crippen LogP contribution in [-0.2, 0) is 9.53 Å². The number of ether oxygens (including phenoxy) is 1. The summed E-state index contributed by atoms with van der Waals surface area (Å²) in [5, 5.41) is 6.89. The number of hydrogen-bond acceptors (Lipinski definition) is 4. The Bertz CT molecular complexity index is 964. The molecule has 0 bridgehead atoms. The first-order valence-corrected chi connectivity index (χ1v) is 8.91. The monoisotopic (exact) mass is 384 g/mol. The summed E-state index contributed by atoms with van der Waals surface area (Å²) in [4.78, 5) is 24.3. The smallest absolute Gasteiger partial charge is 0.307 e. The van der Waals surface area contributed by atoms with E-state index in [0.717, 1.165) is 0 Å². The number of aromatic nitrogens is 3. The van der Waals surface area contributed by atoms with E-state index in [0.29, 0.717) is 5.82 Å². The van der Waals surface area contributed by atoms with E-state index in [9.17, 15) is 14.0 Å². The predicted molar refractivity (Wildman–Crippen MR) is 101 cm³/mol. The molecule has 2 heterocycles. The summed E-state index contributed by atoms with van der Waals surface area (Å²) in [5.74, 6) is -0.855. The molecule has 0 radical (unpaired) electrons. The van der Waals surface area contributed by atoms with Crippen LogP contribution in [0.2, 0.25) is 0 Å². The molecule has 8 heteroatoms. The van der Waals surface area contributed by atoms with Gasteiger partial charge in [0.25, 0.3) is 5.91 Å². The van der Waals surface area contributed by atoms with Gasteiger partial charge in [0.15, 0.2) is 5.82 Å². The van der Waals surface area contributed by atoms with Gasteiger partial charge in [0.1, 0.15) is 17.1 Å². The van der Waals surface area contributed by atoms with Crippen molar-refractivity contribution in [2.24, 2.45) is 0 Å². The molecule has 3 aromatic rings. The van der Waals surface area contributed by atoms with Gasteiger partial charge in [0, 0.05) is 18.9 Å². The number of nitrogens with one attached hydrogen (secondary N) is 1. The van der Waals surface area contributed by atoms with Crippen LogP contribution < -0.4 is 5.32 Å². The van der Waals surface area contributed by atoms with Crippen LogP contribution in [-0.4, -0.2) is 38.9 Å². The van der Waals surface area contributed by atoms with Gasteiger partial charge in [-0.05, 0) is 38.1 Å². The molecule has 1 N–H and O–H groups in total. The number of hydrogen-bond donors (Lipinski definition) is 1. The molecule has 0 spiro atoms. The molecule has 0 saturated heterocycles. The molecular weight excluding hydrogens is 363 g/mol. The molecule has 0 aliphatic heterocycles. The maximum Gasteiger partial charge on any atom is 0.307 e. The van der Waals surface area contributed by atoms with Gasteiger partial charge in [0.05, 0.1) is 18.7 Å². The molecule has 0 fully saturated rings. The van der Waals surface area contributed by atoms with E-state index >= 15 is 0 Å². The van der Waals surface area contributed by atoms with Crippen molar-refractivity contribution in [2.75, 3.05) is 6.54 Å². The van der Waals surface area contributed by atoms with Crippen LogP contribution in [0.25, 0.3) is 11.5 Å². The normalized spacial score (nSPS) is 10.9. The van der Waals surface area contributed by atoms with E-state index < -0.39 is 11.7 Å². The lowest BCUT2D eigenvalue weighted by molar-refractivity contribution is -0.147. The van der Waals surface area contributed by atoms with Gasteiger partial charge in [-0.2, -0.15) is 5.10 Å². The Morgan fingerprint density at radius 2 is 1.89 bits per heavy atom. The number of carbonyl (C=O) groups is 2. The minimum absolute atomic E-state index is 0.0597. The largest absolute Gasteiger partial charge is 0.463 e. The zero-order valence-corrected chi connectivity index (χ0v) is 15.6. The third-order valence-corrected chi connectivity index (χ3v) is 3.90. The Morgan fingerprint density at radius 1 is 1.18 bits per heavy atom. The molecule has 0 atom stereocenters. The third kappa shape index (κ3) is 4.28. The fourth-order valence-corrected chi connectivity index (χ4v) is 2.72. The van der Waals surface area contributed by atoms with Crippen molar-refractivity contribution in [1.82, 2.24) is 19.7 Å². The third-order valence-electron chi connectivity index (χ3n) is 3.90. The molecule has 0 saturated carbocycles. The Balaban J connectivity index is 1.85. The molecule has 2 aromatic heterocycles. The van der Waals surface area contributed by atoms with Gasteiger partial charge in [-0.25, -0.2) is 9.07 Å². The number of amides is 1. The highest BCUT2D eigenvalue weighted by Crippen LogP contribution is 2.21. The van der Waals surface area contributed by atoms with Crippen LogP contribution in [0.5, 0.6) is 0 Å². The fraction of sp³-hybridized carbons (Fsp3) is 0.250. The molecule has 3 rings (SSSR count). The summed E-state index contributed by atoms with van der Waals surface area (Å²) >= 11 is 0. The number of nitrogens with zero attached hydrogens (tertiary/aromatic N) is 3. The van der Waals surface area contributed by atoms with Crippen molar-refractivity contribution in [2.45, 2.75) is 26.4 Å². The van der Waals surface area contributed by atoms with Crippen LogP contribution in [0.3, 0.4) is 0 Å². The molecule has 146 valence electrons. The Kier molecular flexibility index (Phi) is 5.88. The number of para-hydroxylation sites is 1. The van der Waals surface area contributed by atoms with Gasteiger partial charge < -0.3 is 14.6 Å².